The van der Waals surface area contributed by atoms with Crippen LogP contribution in [-0.4, -0.2) is 4.98 Å². The molecule has 0 amide bonds. The third-order valence-corrected chi connectivity index (χ3v) is 10.3. The van der Waals surface area contributed by atoms with Gasteiger partial charge in [0.25, 0.3) is 0 Å². The molecule has 1 nitrogen and oxygen atoms in total. The first kappa shape index (κ1) is 28.4. The van der Waals surface area contributed by atoms with Gasteiger partial charge in [0.05, 0.1) is 11.4 Å². The van der Waals surface area contributed by atoms with Crippen molar-refractivity contribution in [2.24, 2.45) is 0 Å². The van der Waals surface area contributed by atoms with Crippen LogP contribution in [0.5, 0.6) is 0 Å². The fourth-order valence-corrected chi connectivity index (χ4v) is 8.02. The van der Waals surface area contributed by atoms with Crippen LogP contribution in [0.1, 0.15) is 0 Å². The molecule has 1 aromatic heterocycles. The number of hydrogen-bond donors (Lipinski definition) is 0. The molecule has 0 bridgehead atoms. The summed E-state index contributed by atoms with van der Waals surface area (Å²) < 4.78 is 0. The highest BCUT2D eigenvalue weighted by Crippen LogP contribution is 2.44. The first-order valence-corrected chi connectivity index (χ1v) is 17.2. The van der Waals surface area contributed by atoms with Crippen LogP contribution < -0.4 is 0 Å². The van der Waals surface area contributed by atoms with E-state index < -0.39 is 0 Å². The topological polar surface area (TPSA) is 12.9 Å². The number of pyridine rings is 1. The van der Waals surface area contributed by atoms with Gasteiger partial charge < -0.3 is 0 Å². The molecule has 10 rings (SSSR count). The Bertz CT molecular complexity index is 2870. The van der Waals surface area contributed by atoms with Crippen molar-refractivity contribution in [3.8, 4) is 44.8 Å². The Balaban J connectivity index is 1.19. The Morgan fingerprint density at radius 2 is 0.760 bits per heavy atom. The number of nitrogens with zero attached hydrogens (tertiary/aromatic N) is 1. The molecule has 50 heavy (non-hydrogen) atoms. The van der Waals surface area contributed by atoms with Gasteiger partial charge in [-0.1, -0.05) is 170 Å². The standard InChI is InChI=1S/C49H31N/c1-3-18-36-32(13-1)15-10-24-38(36)34-16-9-17-35(31-34)48-42-20-5-7-22-44(42)49(45-23-8-6-21-43(45)48)47-28-12-27-46(50-47)41-26-11-25-39-37-19-4-2-14-33(37)29-30-40(39)41/h1-31H. The van der Waals surface area contributed by atoms with Gasteiger partial charge in [0, 0.05) is 11.1 Å². The first-order valence-electron chi connectivity index (χ1n) is 17.2. The minimum Gasteiger partial charge on any atom is -0.248 e. The third kappa shape index (κ3) is 4.52. The smallest absolute Gasteiger partial charge is 0.0722 e. The van der Waals surface area contributed by atoms with Gasteiger partial charge in [0.2, 0.25) is 0 Å². The molecular weight excluding hydrogens is 603 g/mol. The fraction of sp³-hybridized carbons (Fsp3) is 0. The first-order chi connectivity index (χ1) is 24.8. The molecule has 0 atom stereocenters. The van der Waals surface area contributed by atoms with Crippen LogP contribution >= 0.6 is 0 Å². The zero-order valence-electron chi connectivity index (χ0n) is 27.3. The second-order valence-electron chi connectivity index (χ2n) is 13.0. The summed E-state index contributed by atoms with van der Waals surface area (Å²) in [6.45, 7) is 0. The highest BCUT2D eigenvalue weighted by atomic mass is 14.7. The molecule has 9 aromatic carbocycles. The zero-order valence-corrected chi connectivity index (χ0v) is 27.3. The van der Waals surface area contributed by atoms with Crippen molar-refractivity contribution in [2.75, 3.05) is 0 Å². The summed E-state index contributed by atoms with van der Waals surface area (Å²) in [5.41, 5.74) is 9.18. The molecule has 1 heterocycles. The Kier molecular flexibility index (Phi) is 6.57. The molecule has 0 fully saturated rings. The van der Waals surface area contributed by atoms with Crippen molar-refractivity contribution >= 4 is 53.9 Å². The maximum Gasteiger partial charge on any atom is 0.0722 e. The summed E-state index contributed by atoms with van der Waals surface area (Å²) in [5.74, 6) is 0. The van der Waals surface area contributed by atoms with Gasteiger partial charge in [-0.05, 0) is 94.3 Å². The van der Waals surface area contributed by atoms with E-state index in [1.165, 1.54) is 76.1 Å². The van der Waals surface area contributed by atoms with E-state index in [2.05, 4.69) is 188 Å². The predicted molar refractivity (Wildman–Crippen MR) is 214 cm³/mol. The van der Waals surface area contributed by atoms with E-state index in [4.69, 9.17) is 4.98 Å². The Morgan fingerprint density at radius 3 is 1.52 bits per heavy atom. The van der Waals surface area contributed by atoms with Crippen molar-refractivity contribution in [3.05, 3.63) is 188 Å². The van der Waals surface area contributed by atoms with E-state index in [-0.39, 0.29) is 0 Å². The van der Waals surface area contributed by atoms with Gasteiger partial charge in [-0.15, -0.1) is 0 Å². The van der Waals surface area contributed by atoms with E-state index in [9.17, 15) is 0 Å². The van der Waals surface area contributed by atoms with Crippen LogP contribution in [0.25, 0.3) is 98.6 Å². The second kappa shape index (κ2) is 11.5. The van der Waals surface area contributed by atoms with E-state index in [0.717, 1.165) is 22.5 Å². The normalized spacial score (nSPS) is 11.6. The third-order valence-electron chi connectivity index (χ3n) is 10.3. The van der Waals surface area contributed by atoms with E-state index >= 15 is 0 Å². The van der Waals surface area contributed by atoms with Crippen LogP contribution in [-0.2, 0) is 0 Å². The lowest BCUT2D eigenvalue weighted by Gasteiger charge is -2.18. The Hall–Kier alpha value is -6.57. The van der Waals surface area contributed by atoms with Gasteiger partial charge in [0.1, 0.15) is 0 Å². The molecule has 0 saturated heterocycles. The number of aromatic nitrogens is 1. The number of benzene rings is 9. The highest BCUT2D eigenvalue weighted by Gasteiger charge is 2.18. The molecule has 0 saturated carbocycles. The van der Waals surface area contributed by atoms with E-state index in [1.807, 2.05) is 0 Å². The van der Waals surface area contributed by atoms with Crippen molar-refractivity contribution in [1.29, 1.82) is 0 Å². The van der Waals surface area contributed by atoms with Gasteiger partial charge >= 0.3 is 0 Å². The van der Waals surface area contributed by atoms with E-state index in [1.54, 1.807) is 0 Å². The summed E-state index contributed by atoms with van der Waals surface area (Å²) in [5, 5.41) is 12.3. The van der Waals surface area contributed by atoms with Gasteiger partial charge in [-0.25, -0.2) is 4.98 Å². The van der Waals surface area contributed by atoms with Crippen LogP contribution in [0.4, 0.5) is 0 Å². The molecular formula is C49H31N. The van der Waals surface area contributed by atoms with Crippen molar-refractivity contribution in [2.45, 2.75) is 0 Å². The molecule has 0 radical (unpaired) electrons. The maximum absolute atomic E-state index is 5.43. The summed E-state index contributed by atoms with van der Waals surface area (Å²) in [6, 6.07) is 68.1. The summed E-state index contributed by atoms with van der Waals surface area (Å²) in [7, 11) is 0. The van der Waals surface area contributed by atoms with Crippen LogP contribution in [0.15, 0.2) is 188 Å². The number of hydrogen-bond acceptors (Lipinski definition) is 1. The Labute approximate surface area is 290 Å². The summed E-state index contributed by atoms with van der Waals surface area (Å²) in [4.78, 5) is 5.43. The Morgan fingerprint density at radius 1 is 0.260 bits per heavy atom. The molecule has 10 aromatic rings. The molecule has 0 spiro atoms. The van der Waals surface area contributed by atoms with Crippen molar-refractivity contribution in [1.82, 2.24) is 4.98 Å². The van der Waals surface area contributed by atoms with Gasteiger partial charge in [0.15, 0.2) is 0 Å². The minimum atomic E-state index is 0.975. The molecule has 0 aliphatic rings. The van der Waals surface area contributed by atoms with E-state index in [0.29, 0.717) is 0 Å². The van der Waals surface area contributed by atoms with Gasteiger partial charge in [-0.3, -0.25) is 0 Å². The average Bonchev–Trinajstić information content (AvgIpc) is 3.19. The lowest BCUT2D eigenvalue weighted by molar-refractivity contribution is 1.34. The molecule has 0 aliphatic heterocycles. The SMILES string of the molecule is c1cc(-c2cccc3ccccc23)cc(-c2c3ccccc3c(-c3cccc(-c4cccc5c4ccc4ccccc45)n3)c3ccccc23)c1. The second-order valence-corrected chi connectivity index (χ2v) is 13.0. The minimum absolute atomic E-state index is 0.975. The van der Waals surface area contributed by atoms with Crippen LogP contribution in [0.2, 0.25) is 0 Å². The van der Waals surface area contributed by atoms with Gasteiger partial charge in [-0.2, -0.15) is 0 Å². The van der Waals surface area contributed by atoms with Crippen molar-refractivity contribution in [3.63, 3.8) is 0 Å². The molecule has 1 heteroatoms. The summed E-state index contributed by atoms with van der Waals surface area (Å²) in [6.07, 6.45) is 0. The van der Waals surface area contributed by atoms with Crippen LogP contribution in [0.3, 0.4) is 0 Å². The highest BCUT2D eigenvalue weighted by molar-refractivity contribution is 6.21. The zero-order chi connectivity index (χ0) is 33.0. The fourth-order valence-electron chi connectivity index (χ4n) is 8.02. The van der Waals surface area contributed by atoms with Crippen molar-refractivity contribution < 1.29 is 0 Å². The average molecular weight is 634 g/mol. The largest absolute Gasteiger partial charge is 0.248 e. The lowest BCUT2D eigenvalue weighted by atomic mass is 9.86. The maximum atomic E-state index is 5.43. The molecule has 232 valence electrons. The number of fused-ring (bicyclic) bond motifs is 6. The summed E-state index contributed by atoms with van der Waals surface area (Å²) >= 11 is 0. The number of rotatable bonds is 4. The lowest BCUT2D eigenvalue weighted by Crippen LogP contribution is -1.94. The monoisotopic (exact) mass is 633 g/mol. The molecule has 0 aliphatic carbocycles. The van der Waals surface area contributed by atoms with Crippen LogP contribution in [0, 0.1) is 0 Å². The molecule has 0 unspecified atom stereocenters. The quantitative estimate of drug-likeness (QED) is 0.139. The molecule has 0 N–H and O–H groups in total. The predicted octanol–water partition coefficient (Wildman–Crippen LogP) is 13.5.